The fraction of sp³-hybridized carbons (Fsp3) is 0.250. The van der Waals surface area contributed by atoms with Gasteiger partial charge in [-0.1, -0.05) is 30.1 Å². The van der Waals surface area contributed by atoms with Gasteiger partial charge in [-0.15, -0.1) is 0 Å². The summed E-state index contributed by atoms with van der Waals surface area (Å²) in [7, 11) is -4.27. The van der Waals surface area contributed by atoms with E-state index in [4.69, 9.17) is 27.8 Å². The second-order valence-electron chi connectivity index (χ2n) is 2.70. The van der Waals surface area contributed by atoms with Crippen molar-refractivity contribution in [3.05, 3.63) is 27.7 Å². The molecule has 0 amide bonds. The summed E-state index contributed by atoms with van der Waals surface area (Å²) in [5.41, 5.74) is 0.628. The molecule has 0 spiro atoms. The molecule has 0 fully saturated rings. The summed E-state index contributed by atoms with van der Waals surface area (Å²) >= 11 is 11.4. The predicted octanol–water partition coefficient (Wildman–Crippen LogP) is 2.80. The zero-order chi connectivity index (χ0) is 10.9. The van der Waals surface area contributed by atoms with Crippen molar-refractivity contribution in [1.29, 1.82) is 0 Å². The number of hydrogen-bond donors (Lipinski definition) is 1. The first-order valence-corrected chi connectivity index (χ1v) is 6.01. The lowest BCUT2D eigenvalue weighted by Crippen LogP contribution is -2.00. The Bertz CT molecular complexity index is 454. The third-order valence-electron chi connectivity index (χ3n) is 1.76. The highest BCUT2D eigenvalue weighted by atomic mass is 35.5. The minimum absolute atomic E-state index is 0.0744. The summed E-state index contributed by atoms with van der Waals surface area (Å²) in [6.07, 6.45) is 0.568. The Morgan fingerprint density at radius 2 is 1.86 bits per heavy atom. The van der Waals surface area contributed by atoms with Gasteiger partial charge in [0.2, 0.25) is 0 Å². The van der Waals surface area contributed by atoms with Gasteiger partial charge in [-0.05, 0) is 24.1 Å². The van der Waals surface area contributed by atoms with Crippen LogP contribution in [0.15, 0.2) is 17.0 Å². The zero-order valence-electron chi connectivity index (χ0n) is 7.29. The van der Waals surface area contributed by atoms with E-state index in [0.717, 1.165) is 0 Å². The van der Waals surface area contributed by atoms with Crippen molar-refractivity contribution in [2.45, 2.75) is 18.2 Å². The number of halogens is 2. The Morgan fingerprint density at radius 3 is 2.29 bits per heavy atom. The normalized spacial score (nSPS) is 11.7. The number of hydrogen-bond acceptors (Lipinski definition) is 2. The Morgan fingerprint density at radius 1 is 1.29 bits per heavy atom. The Balaban J connectivity index is 3.47. The molecule has 0 saturated heterocycles. The molecule has 14 heavy (non-hydrogen) atoms. The Hall–Kier alpha value is -0.290. The Labute approximate surface area is 92.4 Å². The molecule has 3 nitrogen and oxygen atoms in total. The SMILES string of the molecule is CCc1cc(S(=O)(=O)O)c(Cl)cc1Cl. The maximum absolute atomic E-state index is 10.9. The molecule has 78 valence electrons. The van der Waals surface area contributed by atoms with Gasteiger partial charge in [0.15, 0.2) is 0 Å². The third kappa shape index (κ3) is 2.39. The standard InChI is InChI=1S/C8H8Cl2O3S/c1-2-5-3-8(14(11,12)13)7(10)4-6(5)9/h3-4H,2H2,1H3,(H,11,12,13). The van der Waals surface area contributed by atoms with Gasteiger partial charge in [0.25, 0.3) is 10.1 Å². The third-order valence-corrected chi connectivity index (χ3v) is 3.43. The second-order valence-corrected chi connectivity index (χ2v) is 4.91. The highest BCUT2D eigenvalue weighted by molar-refractivity contribution is 7.86. The molecular formula is C8H8Cl2O3S. The van der Waals surface area contributed by atoms with Crippen LogP contribution in [0.3, 0.4) is 0 Å². The molecule has 1 aromatic rings. The molecule has 6 heteroatoms. The van der Waals surface area contributed by atoms with E-state index < -0.39 is 10.1 Å². The lowest BCUT2D eigenvalue weighted by atomic mass is 10.2. The first kappa shape index (κ1) is 11.8. The van der Waals surface area contributed by atoms with E-state index in [0.29, 0.717) is 17.0 Å². The van der Waals surface area contributed by atoms with Crippen molar-refractivity contribution >= 4 is 33.3 Å². The molecule has 1 aromatic carbocycles. The molecule has 0 aromatic heterocycles. The highest BCUT2D eigenvalue weighted by Crippen LogP contribution is 2.28. The van der Waals surface area contributed by atoms with Crippen LogP contribution in [0, 0.1) is 0 Å². The maximum Gasteiger partial charge on any atom is 0.296 e. The van der Waals surface area contributed by atoms with Crippen molar-refractivity contribution < 1.29 is 13.0 Å². The van der Waals surface area contributed by atoms with Crippen molar-refractivity contribution in [2.24, 2.45) is 0 Å². The molecule has 0 saturated carbocycles. The van der Waals surface area contributed by atoms with Crippen LogP contribution in [-0.4, -0.2) is 13.0 Å². The van der Waals surface area contributed by atoms with Gasteiger partial charge < -0.3 is 0 Å². The van der Waals surface area contributed by atoms with Crippen LogP contribution in [0.5, 0.6) is 0 Å². The molecule has 0 aliphatic rings. The molecule has 0 heterocycles. The van der Waals surface area contributed by atoms with Crippen LogP contribution in [0.2, 0.25) is 10.0 Å². The van der Waals surface area contributed by atoms with E-state index in [1.807, 2.05) is 6.92 Å². The van der Waals surface area contributed by atoms with Crippen molar-refractivity contribution in [1.82, 2.24) is 0 Å². The van der Waals surface area contributed by atoms with Gasteiger partial charge in [-0.2, -0.15) is 8.42 Å². The van der Waals surface area contributed by atoms with Crippen LogP contribution >= 0.6 is 23.2 Å². The van der Waals surface area contributed by atoms with Gasteiger partial charge >= 0.3 is 0 Å². The van der Waals surface area contributed by atoms with E-state index >= 15 is 0 Å². The Kier molecular flexibility index (Phi) is 3.42. The van der Waals surface area contributed by atoms with E-state index in [-0.39, 0.29) is 9.92 Å². The van der Waals surface area contributed by atoms with Crippen LogP contribution in [0.1, 0.15) is 12.5 Å². The molecule has 0 unspecified atom stereocenters. The van der Waals surface area contributed by atoms with E-state index in [1.165, 1.54) is 12.1 Å². The summed E-state index contributed by atoms with van der Waals surface area (Å²) < 4.78 is 30.5. The second kappa shape index (κ2) is 4.06. The van der Waals surface area contributed by atoms with Gasteiger partial charge in [0.1, 0.15) is 4.90 Å². The molecule has 1 N–H and O–H groups in total. The summed E-state index contributed by atoms with van der Waals surface area (Å²) in [6.45, 7) is 1.82. The molecule has 0 aliphatic carbocycles. The maximum atomic E-state index is 10.9. The van der Waals surface area contributed by atoms with Crippen LogP contribution in [0.25, 0.3) is 0 Å². The average molecular weight is 255 g/mol. The van der Waals surface area contributed by atoms with Crippen LogP contribution in [0.4, 0.5) is 0 Å². The smallest absolute Gasteiger partial charge is 0.282 e. The fourth-order valence-corrected chi connectivity index (χ4v) is 2.45. The lowest BCUT2D eigenvalue weighted by molar-refractivity contribution is 0.483. The average Bonchev–Trinajstić information content (AvgIpc) is 2.02. The fourth-order valence-electron chi connectivity index (χ4n) is 1.04. The van der Waals surface area contributed by atoms with Gasteiger partial charge in [-0.3, -0.25) is 4.55 Å². The minimum atomic E-state index is -4.27. The summed E-state index contributed by atoms with van der Waals surface area (Å²) in [4.78, 5) is -0.305. The van der Waals surface area contributed by atoms with E-state index in [1.54, 1.807) is 0 Å². The number of benzene rings is 1. The van der Waals surface area contributed by atoms with Gasteiger partial charge in [0, 0.05) is 5.02 Å². The largest absolute Gasteiger partial charge is 0.296 e. The molecule has 0 radical (unpaired) electrons. The van der Waals surface area contributed by atoms with E-state index in [2.05, 4.69) is 0 Å². The topological polar surface area (TPSA) is 54.4 Å². The number of aryl methyl sites for hydroxylation is 1. The zero-order valence-corrected chi connectivity index (χ0v) is 9.62. The van der Waals surface area contributed by atoms with Crippen molar-refractivity contribution in [3.8, 4) is 0 Å². The lowest BCUT2D eigenvalue weighted by Gasteiger charge is -2.05. The summed E-state index contributed by atoms with van der Waals surface area (Å²) in [5, 5.41) is 0.319. The summed E-state index contributed by atoms with van der Waals surface area (Å²) in [5.74, 6) is 0. The van der Waals surface area contributed by atoms with Crippen molar-refractivity contribution in [3.63, 3.8) is 0 Å². The van der Waals surface area contributed by atoms with Crippen molar-refractivity contribution in [2.75, 3.05) is 0 Å². The van der Waals surface area contributed by atoms with Crippen LogP contribution in [-0.2, 0) is 16.5 Å². The minimum Gasteiger partial charge on any atom is -0.282 e. The highest BCUT2D eigenvalue weighted by Gasteiger charge is 2.16. The van der Waals surface area contributed by atoms with Gasteiger partial charge in [-0.25, -0.2) is 0 Å². The number of rotatable bonds is 2. The predicted molar refractivity (Wildman–Crippen MR) is 55.7 cm³/mol. The molecule has 1 rings (SSSR count). The molecule has 0 atom stereocenters. The molecular weight excluding hydrogens is 247 g/mol. The summed E-state index contributed by atoms with van der Waals surface area (Å²) in [6, 6.07) is 2.59. The monoisotopic (exact) mass is 254 g/mol. The van der Waals surface area contributed by atoms with E-state index in [9.17, 15) is 8.42 Å². The molecule has 0 aliphatic heterocycles. The first-order valence-electron chi connectivity index (χ1n) is 3.81. The van der Waals surface area contributed by atoms with Gasteiger partial charge in [0.05, 0.1) is 5.02 Å². The van der Waals surface area contributed by atoms with Crippen LogP contribution < -0.4 is 0 Å². The quantitative estimate of drug-likeness (QED) is 0.826. The first-order chi connectivity index (χ1) is 6.36. The molecule has 0 bridgehead atoms.